The lowest BCUT2D eigenvalue weighted by atomic mass is 10.1. The van der Waals surface area contributed by atoms with Gasteiger partial charge in [0.2, 0.25) is 0 Å². The molecule has 0 aliphatic carbocycles. The lowest BCUT2D eigenvalue weighted by molar-refractivity contribution is 0.502. The fourth-order valence-electron chi connectivity index (χ4n) is 2.54. The molecule has 0 bridgehead atoms. The van der Waals surface area contributed by atoms with Gasteiger partial charge < -0.3 is 14.6 Å². The largest absolute Gasteiger partial charge is 0.467 e. The second-order valence-corrected chi connectivity index (χ2v) is 5.18. The fraction of sp³-hybridized carbons (Fsp3) is 0.267. The molecule has 0 saturated carbocycles. The molecule has 0 amide bonds. The molecule has 3 nitrogen and oxygen atoms in total. The molecule has 4 heteroatoms. The molecule has 1 aromatic carbocycles. The van der Waals surface area contributed by atoms with Crippen LogP contribution in [0.25, 0.3) is 0 Å². The first-order chi connectivity index (χ1) is 9.25. The second kappa shape index (κ2) is 5.05. The minimum atomic E-state index is 0.397. The van der Waals surface area contributed by atoms with Crippen LogP contribution in [0.1, 0.15) is 18.2 Å². The molecule has 98 valence electrons. The normalized spacial score (nSPS) is 17.3. The van der Waals surface area contributed by atoms with Crippen LogP contribution >= 0.6 is 12.2 Å². The third-order valence-corrected chi connectivity index (χ3v) is 3.76. The fourth-order valence-corrected chi connectivity index (χ4v) is 2.89. The molecule has 0 fully saturated rings. The van der Waals surface area contributed by atoms with Crippen LogP contribution in [0.4, 0.5) is 5.69 Å². The van der Waals surface area contributed by atoms with Crippen LogP contribution in [0.15, 0.2) is 47.1 Å². The molecule has 1 unspecified atom stereocenters. The number of fused-ring (bicyclic) bond motifs is 1. The predicted molar refractivity (Wildman–Crippen MR) is 80.2 cm³/mol. The highest BCUT2D eigenvalue weighted by Crippen LogP contribution is 2.31. The molecule has 19 heavy (non-hydrogen) atoms. The van der Waals surface area contributed by atoms with Crippen LogP contribution in [-0.4, -0.2) is 11.2 Å². The Morgan fingerprint density at radius 1 is 1.37 bits per heavy atom. The first-order valence-electron chi connectivity index (χ1n) is 6.43. The summed E-state index contributed by atoms with van der Waals surface area (Å²) in [6.45, 7) is 2.82. The molecule has 1 aromatic heterocycles. The number of furan rings is 1. The van der Waals surface area contributed by atoms with Crippen molar-refractivity contribution >= 4 is 23.0 Å². The Labute approximate surface area is 118 Å². The van der Waals surface area contributed by atoms with E-state index in [4.69, 9.17) is 16.6 Å². The second-order valence-electron chi connectivity index (χ2n) is 4.79. The SMILES string of the molecule is CC1Cc2ccccc2N1C(=S)NCc1ccco1. The molecular formula is C15H16N2OS. The monoisotopic (exact) mass is 272 g/mol. The predicted octanol–water partition coefficient (Wildman–Crippen LogP) is 3.11. The van der Waals surface area contributed by atoms with Gasteiger partial charge in [-0.25, -0.2) is 0 Å². The Morgan fingerprint density at radius 3 is 3.00 bits per heavy atom. The van der Waals surface area contributed by atoms with Gasteiger partial charge in [-0.3, -0.25) is 0 Å². The summed E-state index contributed by atoms with van der Waals surface area (Å²) in [4.78, 5) is 2.19. The van der Waals surface area contributed by atoms with E-state index in [1.165, 1.54) is 11.3 Å². The third kappa shape index (κ3) is 2.36. The maximum atomic E-state index is 5.51. The summed E-state index contributed by atoms with van der Waals surface area (Å²) in [6.07, 6.45) is 2.71. The van der Waals surface area contributed by atoms with E-state index in [9.17, 15) is 0 Å². The quantitative estimate of drug-likeness (QED) is 0.850. The van der Waals surface area contributed by atoms with Crippen LogP contribution in [0, 0.1) is 0 Å². The van der Waals surface area contributed by atoms with Crippen molar-refractivity contribution in [3.63, 3.8) is 0 Å². The minimum absolute atomic E-state index is 0.397. The van der Waals surface area contributed by atoms with Crippen LogP contribution in [0.2, 0.25) is 0 Å². The van der Waals surface area contributed by atoms with Crippen molar-refractivity contribution in [2.75, 3.05) is 4.90 Å². The van der Waals surface area contributed by atoms with E-state index in [-0.39, 0.29) is 0 Å². The van der Waals surface area contributed by atoms with E-state index in [1.54, 1.807) is 6.26 Å². The summed E-state index contributed by atoms with van der Waals surface area (Å²) in [5, 5.41) is 4.02. The first-order valence-corrected chi connectivity index (χ1v) is 6.84. The van der Waals surface area contributed by atoms with Gasteiger partial charge >= 0.3 is 0 Å². The first kappa shape index (κ1) is 12.2. The average molecular weight is 272 g/mol. The zero-order valence-corrected chi connectivity index (χ0v) is 11.6. The lowest BCUT2D eigenvalue weighted by Gasteiger charge is -2.25. The number of hydrogen-bond donors (Lipinski definition) is 1. The number of benzene rings is 1. The van der Waals surface area contributed by atoms with Crippen molar-refractivity contribution in [2.45, 2.75) is 25.9 Å². The molecular weight excluding hydrogens is 256 g/mol. The van der Waals surface area contributed by atoms with E-state index in [0.717, 1.165) is 17.3 Å². The van der Waals surface area contributed by atoms with Crippen molar-refractivity contribution < 1.29 is 4.42 Å². The number of thiocarbonyl (C=S) groups is 1. The molecule has 2 heterocycles. The van der Waals surface area contributed by atoms with Gasteiger partial charge in [-0.2, -0.15) is 0 Å². The molecule has 2 aromatic rings. The van der Waals surface area contributed by atoms with Gasteiger partial charge in [-0.1, -0.05) is 18.2 Å². The topological polar surface area (TPSA) is 28.4 Å². The van der Waals surface area contributed by atoms with Gasteiger partial charge in [-0.05, 0) is 49.3 Å². The minimum Gasteiger partial charge on any atom is -0.467 e. The summed E-state index contributed by atoms with van der Waals surface area (Å²) in [7, 11) is 0. The standard InChI is InChI=1S/C15H16N2OS/c1-11-9-12-5-2-3-7-14(12)17(11)15(19)16-10-13-6-4-8-18-13/h2-8,11H,9-10H2,1H3,(H,16,19). The van der Waals surface area contributed by atoms with E-state index in [0.29, 0.717) is 12.6 Å². The Kier molecular flexibility index (Phi) is 3.25. The van der Waals surface area contributed by atoms with E-state index >= 15 is 0 Å². The molecule has 0 spiro atoms. The van der Waals surface area contributed by atoms with Crippen molar-refractivity contribution in [3.8, 4) is 0 Å². The smallest absolute Gasteiger partial charge is 0.174 e. The number of nitrogens with one attached hydrogen (secondary N) is 1. The van der Waals surface area contributed by atoms with E-state index in [1.807, 2.05) is 12.1 Å². The number of para-hydroxylation sites is 1. The Bertz CT molecular complexity index is 580. The van der Waals surface area contributed by atoms with Crippen molar-refractivity contribution in [1.82, 2.24) is 5.32 Å². The van der Waals surface area contributed by atoms with Gasteiger partial charge in [0.25, 0.3) is 0 Å². The Balaban J connectivity index is 1.73. The highest BCUT2D eigenvalue weighted by Gasteiger charge is 2.28. The number of anilines is 1. The van der Waals surface area contributed by atoms with Crippen LogP contribution in [-0.2, 0) is 13.0 Å². The number of hydrogen-bond acceptors (Lipinski definition) is 2. The summed E-state index contributed by atoms with van der Waals surface area (Å²) in [6, 6.07) is 12.6. The molecule has 0 radical (unpaired) electrons. The zero-order chi connectivity index (χ0) is 13.2. The molecule has 0 saturated heterocycles. The average Bonchev–Trinajstić information content (AvgIpc) is 3.02. The van der Waals surface area contributed by atoms with Crippen LogP contribution < -0.4 is 10.2 Å². The van der Waals surface area contributed by atoms with Crippen LogP contribution in [0.3, 0.4) is 0 Å². The molecule has 3 rings (SSSR count). The van der Waals surface area contributed by atoms with Crippen molar-refractivity contribution in [2.24, 2.45) is 0 Å². The highest BCUT2D eigenvalue weighted by atomic mass is 32.1. The molecule has 1 N–H and O–H groups in total. The maximum absolute atomic E-state index is 5.51. The summed E-state index contributed by atoms with van der Waals surface area (Å²) in [5.74, 6) is 0.891. The number of rotatable bonds is 2. The molecule has 1 atom stereocenters. The van der Waals surface area contributed by atoms with Crippen LogP contribution in [0.5, 0.6) is 0 Å². The summed E-state index contributed by atoms with van der Waals surface area (Å²) in [5.41, 5.74) is 2.57. The molecule has 1 aliphatic rings. The summed E-state index contributed by atoms with van der Waals surface area (Å²) < 4.78 is 5.30. The van der Waals surface area contributed by atoms with Gasteiger partial charge in [-0.15, -0.1) is 0 Å². The third-order valence-electron chi connectivity index (χ3n) is 3.42. The zero-order valence-electron chi connectivity index (χ0n) is 10.8. The number of nitrogens with zero attached hydrogens (tertiary/aromatic N) is 1. The Hall–Kier alpha value is -1.81. The van der Waals surface area contributed by atoms with Gasteiger partial charge in [0.15, 0.2) is 5.11 Å². The van der Waals surface area contributed by atoms with Gasteiger partial charge in [0.05, 0.1) is 12.8 Å². The van der Waals surface area contributed by atoms with Gasteiger partial charge in [0, 0.05) is 11.7 Å². The van der Waals surface area contributed by atoms with E-state index in [2.05, 4.69) is 41.4 Å². The maximum Gasteiger partial charge on any atom is 0.174 e. The Morgan fingerprint density at radius 2 is 2.21 bits per heavy atom. The van der Waals surface area contributed by atoms with E-state index < -0.39 is 0 Å². The van der Waals surface area contributed by atoms with Crippen molar-refractivity contribution in [1.29, 1.82) is 0 Å². The molecule has 1 aliphatic heterocycles. The van der Waals surface area contributed by atoms with Crippen molar-refractivity contribution in [3.05, 3.63) is 54.0 Å². The van der Waals surface area contributed by atoms with Gasteiger partial charge in [0.1, 0.15) is 5.76 Å². The highest BCUT2D eigenvalue weighted by molar-refractivity contribution is 7.80. The lowest BCUT2D eigenvalue weighted by Crippen LogP contribution is -2.42. The summed E-state index contributed by atoms with van der Waals surface area (Å²) >= 11 is 5.51.